The Morgan fingerprint density at radius 3 is 1.92 bits per heavy atom. The maximum absolute atomic E-state index is 14.8. The molecule has 11 heteroatoms. The van der Waals surface area contributed by atoms with Gasteiger partial charge in [0.25, 0.3) is 10.0 Å². The standard InChI is InChI=1S/C41H41Cl2N3O5S/c1-29(2)26-44-41(48)39(25-31-11-6-4-7-12-31)45(27-36-37(42)15-10-16-38(36)43)40(47)28-46(52(49,50)35-23-17-30(3)18-24-35)32-19-21-34(22-20-32)51-33-13-8-5-9-14-33/h4-24,29,39H,25-28H2,1-3H3,(H,44,48)/t39-/m0/s1. The van der Waals surface area contributed by atoms with E-state index in [2.05, 4.69) is 5.32 Å². The van der Waals surface area contributed by atoms with Gasteiger partial charge in [-0.3, -0.25) is 13.9 Å². The van der Waals surface area contributed by atoms with E-state index in [1.54, 1.807) is 54.6 Å². The molecule has 5 rings (SSSR count). The molecule has 8 nitrogen and oxygen atoms in total. The van der Waals surface area contributed by atoms with Crippen LogP contribution < -0.4 is 14.4 Å². The van der Waals surface area contributed by atoms with Crippen molar-refractivity contribution < 1.29 is 22.7 Å². The lowest BCUT2D eigenvalue weighted by molar-refractivity contribution is -0.140. The summed E-state index contributed by atoms with van der Waals surface area (Å²) in [6, 6.07) is 35.4. The van der Waals surface area contributed by atoms with Crippen LogP contribution in [0.4, 0.5) is 5.69 Å². The summed E-state index contributed by atoms with van der Waals surface area (Å²) in [7, 11) is -4.29. The minimum Gasteiger partial charge on any atom is -0.457 e. The molecule has 0 unspecified atom stereocenters. The van der Waals surface area contributed by atoms with Crippen molar-refractivity contribution in [3.63, 3.8) is 0 Å². The Kier molecular flexibility index (Phi) is 13.0. The van der Waals surface area contributed by atoms with Gasteiger partial charge in [0.1, 0.15) is 24.1 Å². The molecule has 0 fully saturated rings. The van der Waals surface area contributed by atoms with E-state index in [1.807, 2.05) is 81.4 Å². The van der Waals surface area contributed by atoms with Crippen LogP contribution in [0.15, 0.2) is 132 Å². The number of ether oxygens (including phenoxy) is 1. The third-order valence-corrected chi connectivity index (χ3v) is 10.8. The molecular formula is C41H41Cl2N3O5S. The zero-order chi connectivity index (χ0) is 37.3. The Morgan fingerprint density at radius 2 is 1.33 bits per heavy atom. The van der Waals surface area contributed by atoms with Crippen LogP contribution in [0.25, 0.3) is 0 Å². The number of halogens is 2. The summed E-state index contributed by atoms with van der Waals surface area (Å²) in [5, 5.41) is 3.60. The number of amides is 2. The number of carbonyl (C=O) groups is 2. The average molecular weight is 759 g/mol. The molecule has 1 atom stereocenters. The van der Waals surface area contributed by atoms with E-state index < -0.39 is 28.5 Å². The molecule has 0 spiro atoms. The predicted octanol–water partition coefficient (Wildman–Crippen LogP) is 8.70. The number of benzene rings is 5. The van der Waals surface area contributed by atoms with Crippen molar-refractivity contribution in [2.75, 3.05) is 17.4 Å². The highest BCUT2D eigenvalue weighted by Crippen LogP contribution is 2.31. The minimum atomic E-state index is -4.29. The second-order valence-electron chi connectivity index (χ2n) is 12.8. The monoisotopic (exact) mass is 757 g/mol. The summed E-state index contributed by atoms with van der Waals surface area (Å²) < 4.78 is 35.8. The topological polar surface area (TPSA) is 96.0 Å². The van der Waals surface area contributed by atoms with Gasteiger partial charge in [-0.15, -0.1) is 0 Å². The SMILES string of the molecule is Cc1ccc(S(=O)(=O)N(CC(=O)N(Cc2c(Cl)cccc2Cl)[C@@H](Cc2ccccc2)C(=O)NCC(C)C)c2ccc(Oc3ccccc3)cc2)cc1. The van der Waals surface area contributed by atoms with Crippen molar-refractivity contribution in [1.29, 1.82) is 0 Å². The molecular weight excluding hydrogens is 717 g/mol. The van der Waals surface area contributed by atoms with Gasteiger partial charge in [-0.05, 0) is 79.1 Å². The number of hydrogen-bond acceptors (Lipinski definition) is 5. The summed E-state index contributed by atoms with van der Waals surface area (Å²) >= 11 is 13.2. The van der Waals surface area contributed by atoms with E-state index in [4.69, 9.17) is 27.9 Å². The van der Waals surface area contributed by atoms with Gasteiger partial charge >= 0.3 is 0 Å². The fraction of sp³-hybridized carbons (Fsp3) is 0.220. The van der Waals surface area contributed by atoms with Crippen molar-refractivity contribution in [3.05, 3.63) is 154 Å². The normalized spacial score (nSPS) is 11.9. The first-order chi connectivity index (χ1) is 24.9. The van der Waals surface area contributed by atoms with Gasteiger partial charge in [-0.2, -0.15) is 0 Å². The molecule has 1 N–H and O–H groups in total. The fourth-order valence-electron chi connectivity index (χ4n) is 5.50. The molecule has 0 aliphatic heterocycles. The number of nitrogens with one attached hydrogen (secondary N) is 1. The summed E-state index contributed by atoms with van der Waals surface area (Å²) in [4.78, 5) is 30.2. The zero-order valence-electron chi connectivity index (χ0n) is 29.2. The quantitative estimate of drug-likeness (QED) is 0.115. The van der Waals surface area contributed by atoms with E-state index in [-0.39, 0.29) is 35.4 Å². The van der Waals surface area contributed by atoms with Crippen LogP contribution in [-0.4, -0.2) is 44.3 Å². The van der Waals surface area contributed by atoms with E-state index >= 15 is 0 Å². The Hall–Kier alpha value is -4.83. The lowest BCUT2D eigenvalue weighted by Gasteiger charge is -2.34. The van der Waals surface area contributed by atoms with E-state index in [0.717, 1.165) is 15.4 Å². The van der Waals surface area contributed by atoms with Crippen LogP contribution in [-0.2, 0) is 32.6 Å². The second kappa shape index (κ2) is 17.6. The molecule has 5 aromatic rings. The van der Waals surface area contributed by atoms with E-state index in [9.17, 15) is 18.0 Å². The Bertz CT molecular complexity index is 2040. The number of hydrogen-bond donors (Lipinski definition) is 1. The number of anilines is 1. The van der Waals surface area contributed by atoms with Gasteiger partial charge in [0, 0.05) is 35.1 Å². The number of sulfonamides is 1. The largest absolute Gasteiger partial charge is 0.457 e. The summed E-state index contributed by atoms with van der Waals surface area (Å²) in [5.74, 6) is 0.228. The highest BCUT2D eigenvalue weighted by Gasteiger charge is 2.35. The highest BCUT2D eigenvalue weighted by molar-refractivity contribution is 7.92. The third-order valence-electron chi connectivity index (χ3n) is 8.34. The maximum atomic E-state index is 14.8. The van der Waals surface area contributed by atoms with Gasteiger partial charge in [-0.1, -0.05) is 109 Å². The van der Waals surface area contributed by atoms with Crippen molar-refractivity contribution in [2.24, 2.45) is 5.92 Å². The lowest BCUT2D eigenvalue weighted by Crippen LogP contribution is -2.53. The van der Waals surface area contributed by atoms with Gasteiger partial charge in [0.15, 0.2) is 0 Å². The van der Waals surface area contributed by atoms with Crippen molar-refractivity contribution >= 4 is 50.7 Å². The van der Waals surface area contributed by atoms with Crippen LogP contribution in [0.5, 0.6) is 11.5 Å². The van der Waals surface area contributed by atoms with Crippen molar-refractivity contribution in [2.45, 2.75) is 44.7 Å². The molecule has 0 radical (unpaired) electrons. The van der Waals surface area contributed by atoms with Gasteiger partial charge in [0.2, 0.25) is 11.8 Å². The summed E-state index contributed by atoms with van der Waals surface area (Å²) in [6.45, 7) is 5.42. The lowest BCUT2D eigenvalue weighted by atomic mass is 10.0. The Morgan fingerprint density at radius 1 is 0.750 bits per heavy atom. The molecule has 5 aromatic carbocycles. The fourth-order valence-corrected chi connectivity index (χ4v) is 7.43. The molecule has 0 aromatic heterocycles. The third kappa shape index (κ3) is 9.94. The van der Waals surface area contributed by atoms with Crippen LogP contribution in [0.1, 0.15) is 30.5 Å². The molecule has 2 amide bonds. The zero-order valence-corrected chi connectivity index (χ0v) is 31.5. The molecule has 52 heavy (non-hydrogen) atoms. The number of nitrogens with zero attached hydrogens (tertiary/aromatic N) is 2. The maximum Gasteiger partial charge on any atom is 0.264 e. The van der Waals surface area contributed by atoms with Gasteiger partial charge in [0.05, 0.1) is 10.6 Å². The van der Waals surface area contributed by atoms with E-state index in [1.165, 1.54) is 17.0 Å². The minimum absolute atomic E-state index is 0.00622. The molecule has 0 saturated carbocycles. The van der Waals surface area contributed by atoms with Gasteiger partial charge in [-0.25, -0.2) is 8.42 Å². The number of rotatable bonds is 15. The first kappa shape index (κ1) is 38.4. The number of para-hydroxylation sites is 1. The molecule has 0 heterocycles. The molecule has 270 valence electrons. The van der Waals surface area contributed by atoms with Crippen molar-refractivity contribution in [1.82, 2.24) is 10.2 Å². The number of aryl methyl sites for hydroxylation is 1. The Labute approximate surface area is 316 Å². The molecule has 0 aliphatic carbocycles. The second-order valence-corrected chi connectivity index (χ2v) is 15.5. The first-order valence-corrected chi connectivity index (χ1v) is 19.1. The van der Waals surface area contributed by atoms with Crippen LogP contribution in [0.3, 0.4) is 0 Å². The molecule has 0 bridgehead atoms. The predicted molar refractivity (Wildman–Crippen MR) is 207 cm³/mol. The molecule has 0 aliphatic rings. The van der Waals surface area contributed by atoms with Crippen LogP contribution in [0.2, 0.25) is 10.0 Å². The average Bonchev–Trinajstić information content (AvgIpc) is 3.13. The first-order valence-electron chi connectivity index (χ1n) is 16.9. The van der Waals surface area contributed by atoms with E-state index in [0.29, 0.717) is 33.7 Å². The van der Waals surface area contributed by atoms with Gasteiger partial charge < -0.3 is 15.0 Å². The highest BCUT2D eigenvalue weighted by atomic mass is 35.5. The number of carbonyl (C=O) groups excluding carboxylic acids is 2. The molecule has 0 saturated heterocycles. The van der Waals surface area contributed by atoms with Crippen LogP contribution >= 0.6 is 23.2 Å². The Balaban J connectivity index is 1.58. The van der Waals surface area contributed by atoms with Crippen LogP contribution in [0, 0.1) is 12.8 Å². The summed E-state index contributed by atoms with van der Waals surface area (Å²) in [5.41, 5.74) is 2.36. The smallest absolute Gasteiger partial charge is 0.264 e. The van der Waals surface area contributed by atoms with Crippen molar-refractivity contribution in [3.8, 4) is 11.5 Å². The summed E-state index contributed by atoms with van der Waals surface area (Å²) in [6.07, 6.45) is 0.162.